The van der Waals surface area contributed by atoms with Crippen LogP contribution in [0.4, 0.5) is 0 Å². The van der Waals surface area contributed by atoms with E-state index < -0.39 is 0 Å². The number of rotatable bonds is 3. The van der Waals surface area contributed by atoms with Gasteiger partial charge in [-0.05, 0) is 6.42 Å². The zero-order valence-electron chi connectivity index (χ0n) is 9.69. The van der Waals surface area contributed by atoms with Gasteiger partial charge in [0.25, 0.3) is 0 Å². The Kier molecular flexibility index (Phi) is 45.6. The van der Waals surface area contributed by atoms with Crippen LogP contribution in [-0.2, 0) is 0 Å². The Morgan fingerprint density at radius 3 is 1.17 bits per heavy atom. The van der Waals surface area contributed by atoms with E-state index in [1.165, 1.54) is 19.3 Å². The quantitative estimate of drug-likeness (QED) is 0.644. The average molecular weight is 176 g/mol. The van der Waals surface area contributed by atoms with Gasteiger partial charge in [0.2, 0.25) is 0 Å². The van der Waals surface area contributed by atoms with Crippen molar-refractivity contribution < 1.29 is 5.11 Å². The van der Waals surface area contributed by atoms with E-state index in [-0.39, 0.29) is 0 Å². The van der Waals surface area contributed by atoms with Crippen molar-refractivity contribution in [2.75, 3.05) is 6.61 Å². The SMILES string of the molecule is CCC.CCC.CCCCCO. The van der Waals surface area contributed by atoms with Gasteiger partial charge in [0.1, 0.15) is 0 Å². The van der Waals surface area contributed by atoms with Crippen LogP contribution in [0.1, 0.15) is 66.7 Å². The fourth-order valence-corrected chi connectivity index (χ4v) is 0.362. The van der Waals surface area contributed by atoms with Crippen LogP contribution < -0.4 is 0 Å². The molecule has 1 heteroatoms. The standard InChI is InChI=1S/C5H12O.2C3H8/c1-2-3-4-5-6;2*1-3-2/h6H,2-5H2,1H3;2*3H2,1-2H3. The molecule has 0 radical (unpaired) electrons. The first-order valence-corrected chi connectivity index (χ1v) is 5.35. The summed E-state index contributed by atoms with van der Waals surface area (Å²) in [4.78, 5) is 0. The zero-order chi connectivity index (χ0) is 10.2. The molecule has 0 atom stereocenters. The van der Waals surface area contributed by atoms with Crippen LogP contribution in [-0.4, -0.2) is 11.7 Å². The third kappa shape index (κ3) is 91.3. The summed E-state index contributed by atoms with van der Waals surface area (Å²) in [7, 11) is 0. The molecule has 0 spiro atoms. The second kappa shape index (κ2) is 30.6. The summed E-state index contributed by atoms with van der Waals surface area (Å²) in [5.41, 5.74) is 0. The highest BCUT2D eigenvalue weighted by molar-refractivity contribution is 4.30. The van der Waals surface area contributed by atoms with Crippen molar-refractivity contribution in [3.05, 3.63) is 0 Å². The summed E-state index contributed by atoms with van der Waals surface area (Å²) in [5, 5.41) is 8.20. The molecule has 0 saturated heterocycles. The van der Waals surface area contributed by atoms with E-state index in [1.807, 2.05) is 0 Å². The van der Waals surface area contributed by atoms with Crippen molar-refractivity contribution in [2.24, 2.45) is 0 Å². The smallest absolute Gasteiger partial charge is 0.0431 e. The molecule has 0 unspecified atom stereocenters. The summed E-state index contributed by atoms with van der Waals surface area (Å²) in [6.07, 6.45) is 5.83. The van der Waals surface area contributed by atoms with E-state index >= 15 is 0 Å². The van der Waals surface area contributed by atoms with E-state index in [1.54, 1.807) is 0 Å². The largest absolute Gasteiger partial charge is 0.396 e. The van der Waals surface area contributed by atoms with Gasteiger partial charge in [-0.2, -0.15) is 0 Å². The van der Waals surface area contributed by atoms with Crippen molar-refractivity contribution >= 4 is 0 Å². The lowest BCUT2D eigenvalue weighted by Crippen LogP contribution is -1.78. The molecular weight excluding hydrogens is 148 g/mol. The van der Waals surface area contributed by atoms with Gasteiger partial charge in [0.05, 0.1) is 0 Å². The maximum absolute atomic E-state index is 8.20. The molecule has 0 aromatic heterocycles. The van der Waals surface area contributed by atoms with Crippen molar-refractivity contribution in [3.8, 4) is 0 Å². The Hall–Kier alpha value is -0.0400. The van der Waals surface area contributed by atoms with Crippen LogP contribution in [0.25, 0.3) is 0 Å². The molecule has 0 saturated carbocycles. The predicted molar refractivity (Wildman–Crippen MR) is 58.5 cm³/mol. The molecule has 0 bridgehead atoms. The number of aliphatic hydroxyl groups is 1. The Bertz CT molecular complexity index is 30.0. The van der Waals surface area contributed by atoms with E-state index in [2.05, 4.69) is 34.6 Å². The van der Waals surface area contributed by atoms with Gasteiger partial charge >= 0.3 is 0 Å². The average Bonchev–Trinajstić information content (AvgIpc) is 2.04. The summed E-state index contributed by atoms with van der Waals surface area (Å²) in [6, 6.07) is 0. The van der Waals surface area contributed by atoms with Gasteiger partial charge in [0, 0.05) is 6.61 Å². The molecule has 0 heterocycles. The Morgan fingerprint density at radius 2 is 1.08 bits per heavy atom. The minimum Gasteiger partial charge on any atom is -0.396 e. The molecule has 0 aliphatic rings. The zero-order valence-corrected chi connectivity index (χ0v) is 9.69. The number of unbranched alkanes of at least 4 members (excludes halogenated alkanes) is 2. The second-order valence-corrected chi connectivity index (χ2v) is 2.84. The number of hydrogen-bond acceptors (Lipinski definition) is 1. The van der Waals surface area contributed by atoms with Crippen molar-refractivity contribution in [1.29, 1.82) is 0 Å². The number of hydrogen-bond donors (Lipinski definition) is 1. The Labute approximate surface area is 79.2 Å². The topological polar surface area (TPSA) is 20.2 Å². The van der Waals surface area contributed by atoms with E-state index in [9.17, 15) is 0 Å². The fourth-order valence-electron chi connectivity index (χ4n) is 0.362. The lowest BCUT2D eigenvalue weighted by molar-refractivity contribution is 0.284. The predicted octanol–water partition coefficient (Wildman–Crippen LogP) is 4.00. The third-order valence-electron chi connectivity index (χ3n) is 0.762. The van der Waals surface area contributed by atoms with Gasteiger partial charge in [-0.1, -0.05) is 60.3 Å². The van der Waals surface area contributed by atoms with Gasteiger partial charge in [-0.25, -0.2) is 0 Å². The van der Waals surface area contributed by atoms with Crippen LogP contribution in [0.2, 0.25) is 0 Å². The summed E-state index contributed by atoms with van der Waals surface area (Å²) in [6.45, 7) is 11.0. The molecule has 0 amide bonds. The minimum atomic E-state index is 0.355. The third-order valence-corrected chi connectivity index (χ3v) is 0.762. The van der Waals surface area contributed by atoms with Crippen LogP contribution in [0.5, 0.6) is 0 Å². The minimum absolute atomic E-state index is 0.355. The lowest BCUT2D eigenvalue weighted by atomic mass is 10.3. The first kappa shape index (κ1) is 17.9. The lowest BCUT2D eigenvalue weighted by Gasteiger charge is -1.85. The van der Waals surface area contributed by atoms with Crippen molar-refractivity contribution in [3.63, 3.8) is 0 Å². The summed E-state index contributed by atoms with van der Waals surface area (Å²) < 4.78 is 0. The Morgan fingerprint density at radius 1 is 0.750 bits per heavy atom. The molecule has 78 valence electrons. The van der Waals surface area contributed by atoms with Crippen LogP contribution in [0.15, 0.2) is 0 Å². The van der Waals surface area contributed by atoms with Crippen molar-refractivity contribution in [1.82, 2.24) is 0 Å². The highest BCUT2D eigenvalue weighted by Gasteiger charge is 1.76. The van der Waals surface area contributed by atoms with Crippen LogP contribution in [0.3, 0.4) is 0 Å². The van der Waals surface area contributed by atoms with Crippen molar-refractivity contribution in [2.45, 2.75) is 66.7 Å². The van der Waals surface area contributed by atoms with Gasteiger partial charge < -0.3 is 5.11 Å². The molecule has 0 aliphatic heterocycles. The fraction of sp³-hybridized carbons (Fsp3) is 1.00. The molecule has 0 aliphatic carbocycles. The van der Waals surface area contributed by atoms with Crippen LogP contribution in [0, 0.1) is 0 Å². The highest BCUT2D eigenvalue weighted by Crippen LogP contribution is 1.89. The Balaban J connectivity index is -0.000000115. The first-order chi connectivity index (χ1) is 5.74. The molecule has 1 N–H and O–H groups in total. The number of aliphatic hydroxyl groups excluding tert-OH is 1. The van der Waals surface area contributed by atoms with Crippen LogP contribution >= 0.6 is 0 Å². The van der Waals surface area contributed by atoms with Gasteiger partial charge in [-0.15, -0.1) is 0 Å². The second-order valence-electron chi connectivity index (χ2n) is 2.84. The maximum atomic E-state index is 8.20. The molecule has 1 nitrogen and oxygen atoms in total. The normalized spacial score (nSPS) is 7.50. The van der Waals surface area contributed by atoms with E-state index in [4.69, 9.17) is 5.11 Å². The first-order valence-electron chi connectivity index (χ1n) is 5.35. The maximum Gasteiger partial charge on any atom is 0.0431 e. The summed E-state index contributed by atoms with van der Waals surface area (Å²) in [5.74, 6) is 0. The molecule has 0 fully saturated rings. The monoisotopic (exact) mass is 176 g/mol. The summed E-state index contributed by atoms with van der Waals surface area (Å²) >= 11 is 0. The van der Waals surface area contributed by atoms with E-state index in [0.29, 0.717) is 6.61 Å². The van der Waals surface area contributed by atoms with Gasteiger partial charge in [-0.3, -0.25) is 0 Å². The molecule has 12 heavy (non-hydrogen) atoms. The highest BCUT2D eigenvalue weighted by atomic mass is 16.2. The van der Waals surface area contributed by atoms with Gasteiger partial charge in [0.15, 0.2) is 0 Å². The van der Waals surface area contributed by atoms with E-state index in [0.717, 1.165) is 12.8 Å². The molecular formula is C11H28O. The molecule has 0 aromatic carbocycles. The molecule has 0 aromatic rings. The molecule has 0 rings (SSSR count).